The van der Waals surface area contributed by atoms with Crippen molar-refractivity contribution in [2.24, 2.45) is 5.10 Å². The molecular weight excluding hydrogens is 260 g/mol. The molecule has 1 heterocycles. The summed E-state index contributed by atoms with van der Waals surface area (Å²) in [5.41, 5.74) is 3.40. The average molecular weight is 280 g/mol. The van der Waals surface area contributed by atoms with Crippen LogP contribution in [0.25, 0.3) is 0 Å². The van der Waals surface area contributed by atoms with Gasteiger partial charge in [0.2, 0.25) is 5.90 Å². The maximum atomic E-state index is 6.23. The molecule has 2 aromatic rings. The van der Waals surface area contributed by atoms with Crippen molar-refractivity contribution in [2.75, 3.05) is 7.05 Å². The molecule has 0 spiro atoms. The van der Waals surface area contributed by atoms with Gasteiger partial charge >= 0.3 is 0 Å². The molecule has 0 aromatic heterocycles. The second-order valence-corrected chi connectivity index (χ2v) is 5.48. The third-order valence-corrected chi connectivity index (χ3v) is 4.02. The Bertz CT molecular complexity index is 651. The summed E-state index contributed by atoms with van der Waals surface area (Å²) in [4.78, 5) is 0. The van der Waals surface area contributed by atoms with Gasteiger partial charge in [-0.05, 0) is 31.0 Å². The molecule has 0 radical (unpaired) electrons. The minimum Gasteiger partial charge on any atom is -0.466 e. The van der Waals surface area contributed by atoms with E-state index >= 15 is 0 Å². The molecule has 108 valence electrons. The lowest BCUT2D eigenvalue weighted by molar-refractivity contribution is 0.0532. The van der Waals surface area contributed by atoms with Gasteiger partial charge in [-0.25, -0.2) is 0 Å². The van der Waals surface area contributed by atoms with Crippen molar-refractivity contribution in [3.05, 3.63) is 71.3 Å². The van der Waals surface area contributed by atoms with Crippen molar-refractivity contribution in [1.82, 2.24) is 5.01 Å². The number of hydrazone groups is 1. The third kappa shape index (κ3) is 2.64. The molecule has 0 bridgehead atoms. The smallest absolute Gasteiger partial charge is 0.239 e. The highest BCUT2D eigenvalue weighted by atomic mass is 16.5. The molecule has 21 heavy (non-hydrogen) atoms. The zero-order valence-corrected chi connectivity index (χ0v) is 12.7. The van der Waals surface area contributed by atoms with E-state index in [2.05, 4.69) is 43.2 Å². The van der Waals surface area contributed by atoms with Crippen LogP contribution in [0.2, 0.25) is 0 Å². The normalized spacial score (nSPS) is 21.7. The van der Waals surface area contributed by atoms with Gasteiger partial charge in [-0.1, -0.05) is 48.5 Å². The zero-order valence-electron chi connectivity index (χ0n) is 12.7. The molecule has 0 amide bonds. The summed E-state index contributed by atoms with van der Waals surface area (Å²) in [6.45, 7) is 4.21. The largest absolute Gasteiger partial charge is 0.466 e. The van der Waals surface area contributed by atoms with Crippen LogP contribution in [0, 0.1) is 6.92 Å². The number of hydrogen-bond donors (Lipinski definition) is 0. The zero-order chi connectivity index (χ0) is 14.8. The predicted octanol–water partition coefficient (Wildman–Crippen LogP) is 3.75. The van der Waals surface area contributed by atoms with Crippen LogP contribution < -0.4 is 0 Å². The first-order valence-corrected chi connectivity index (χ1v) is 7.26. The Morgan fingerprint density at radius 3 is 2.38 bits per heavy atom. The van der Waals surface area contributed by atoms with Crippen molar-refractivity contribution in [1.29, 1.82) is 0 Å². The van der Waals surface area contributed by atoms with Gasteiger partial charge < -0.3 is 4.74 Å². The third-order valence-electron chi connectivity index (χ3n) is 4.02. The molecule has 0 aliphatic carbocycles. The van der Waals surface area contributed by atoms with Gasteiger partial charge in [-0.2, -0.15) is 0 Å². The van der Waals surface area contributed by atoms with Gasteiger partial charge in [0.15, 0.2) is 0 Å². The molecule has 0 unspecified atom stereocenters. The van der Waals surface area contributed by atoms with Crippen LogP contribution in [0.4, 0.5) is 0 Å². The van der Waals surface area contributed by atoms with Crippen molar-refractivity contribution >= 4 is 5.90 Å². The Kier molecular flexibility index (Phi) is 3.65. The predicted molar refractivity (Wildman–Crippen MR) is 85.2 cm³/mol. The fourth-order valence-electron chi connectivity index (χ4n) is 2.59. The number of rotatable bonds is 2. The van der Waals surface area contributed by atoms with Gasteiger partial charge in [0.05, 0.1) is 6.04 Å². The lowest BCUT2D eigenvalue weighted by Crippen LogP contribution is -2.39. The number of nitrogens with zero attached hydrogens (tertiary/aromatic N) is 2. The molecule has 3 rings (SSSR count). The lowest BCUT2D eigenvalue weighted by Gasteiger charge is -2.36. The van der Waals surface area contributed by atoms with Crippen molar-refractivity contribution in [3.63, 3.8) is 0 Å². The summed E-state index contributed by atoms with van der Waals surface area (Å²) in [6, 6.07) is 18.7. The number of benzene rings is 2. The summed E-state index contributed by atoms with van der Waals surface area (Å²) in [6.07, 6.45) is -0.0108. The molecule has 2 aromatic carbocycles. The number of hydrogen-bond acceptors (Lipinski definition) is 3. The molecule has 0 saturated carbocycles. The Morgan fingerprint density at radius 1 is 1.00 bits per heavy atom. The maximum absolute atomic E-state index is 6.23. The first-order chi connectivity index (χ1) is 10.2. The van der Waals surface area contributed by atoms with Gasteiger partial charge in [-0.15, -0.1) is 5.10 Å². The van der Waals surface area contributed by atoms with Crippen LogP contribution in [-0.2, 0) is 4.74 Å². The Labute approximate surface area is 125 Å². The van der Waals surface area contributed by atoms with E-state index in [1.807, 2.05) is 42.4 Å². The minimum atomic E-state index is -0.0108. The maximum Gasteiger partial charge on any atom is 0.239 e. The fraction of sp³-hybridized carbons (Fsp3) is 0.278. The molecule has 0 saturated heterocycles. The van der Waals surface area contributed by atoms with E-state index in [1.54, 1.807) is 0 Å². The second-order valence-electron chi connectivity index (χ2n) is 5.48. The van der Waals surface area contributed by atoms with Gasteiger partial charge in [0.25, 0.3) is 0 Å². The Morgan fingerprint density at radius 2 is 1.67 bits per heavy atom. The Hall–Kier alpha value is -2.29. The summed E-state index contributed by atoms with van der Waals surface area (Å²) in [5.74, 6) is 0.697. The first kappa shape index (κ1) is 13.7. The SMILES string of the molecule is Cc1ccccc1C1=NN(C)[C@H](C)[C@H](c2ccccc2)O1. The minimum absolute atomic E-state index is 0.0108. The summed E-state index contributed by atoms with van der Waals surface area (Å²) in [7, 11) is 2.00. The van der Waals surface area contributed by atoms with E-state index in [0.29, 0.717) is 5.90 Å². The van der Waals surface area contributed by atoms with Crippen LogP contribution in [0.1, 0.15) is 29.7 Å². The number of aryl methyl sites for hydroxylation is 1. The molecule has 3 heteroatoms. The topological polar surface area (TPSA) is 24.8 Å². The lowest BCUT2D eigenvalue weighted by atomic mass is 10.0. The molecule has 0 fully saturated rings. The highest BCUT2D eigenvalue weighted by Crippen LogP contribution is 2.30. The summed E-state index contributed by atoms with van der Waals surface area (Å²) in [5, 5.41) is 6.59. The van der Waals surface area contributed by atoms with Crippen LogP contribution in [0.5, 0.6) is 0 Å². The van der Waals surface area contributed by atoms with Crippen LogP contribution in [-0.4, -0.2) is 24.0 Å². The molecule has 3 nitrogen and oxygen atoms in total. The average Bonchev–Trinajstić information content (AvgIpc) is 2.51. The van der Waals surface area contributed by atoms with Crippen molar-refractivity contribution < 1.29 is 4.74 Å². The van der Waals surface area contributed by atoms with Crippen molar-refractivity contribution in [2.45, 2.75) is 26.0 Å². The van der Waals surface area contributed by atoms with Crippen LogP contribution in [0.15, 0.2) is 59.7 Å². The molecular formula is C18H20N2O. The highest BCUT2D eigenvalue weighted by Gasteiger charge is 2.30. The molecule has 1 aliphatic rings. The van der Waals surface area contributed by atoms with Crippen LogP contribution >= 0.6 is 0 Å². The van der Waals surface area contributed by atoms with E-state index in [9.17, 15) is 0 Å². The second kappa shape index (κ2) is 5.60. The molecule has 2 atom stereocenters. The van der Waals surface area contributed by atoms with Gasteiger partial charge in [0.1, 0.15) is 6.10 Å². The fourth-order valence-corrected chi connectivity index (χ4v) is 2.59. The molecule has 1 aliphatic heterocycles. The van der Waals surface area contributed by atoms with E-state index in [1.165, 1.54) is 11.1 Å². The van der Waals surface area contributed by atoms with E-state index in [0.717, 1.165) is 5.56 Å². The van der Waals surface area contributed by atoms with Gasteiger partial charge in [-0.3, -0.25) is 5.01 Å². The highest BCUT2D eigenvalue weighted by molar-refractivity contribution is 5.95. The van der Waals surface area contributed by atoms with Crippen LogP contribution in [0.3, 0.4) is 0 Å². The van der Waals surface area contributed by atoms with E-state index in [4.69, 9.17) is 4.74 Å². The number of likely N-dealkylation sites (N-methyl/N-ethyl adjacent to an activating group) is 1. The van der Waals surface area contributed by atoms with E-state index in [-0.39, 0.29) is 12.1 Å². The number of ether oxygens (including phenoxy) is 1. The Balaban J connectivity index is 1.98. The quantitative estimate of drug-likeness (QED) is 0.837. The van der Waals surface area contributed by atoms with Crippen molar-refractivity contribution in [3.8, 4) is 0 Å². The van der Waals surface area contributed by atoms with E-state index < -0.39 is 0 Å². The summed E-state index contributed by atoms with van der Waals surface area (Å²) >= 11 is 0. The first-order valence-electron chi connectivity index (χ1n) is 7.26. The molecule has 0 N–H and O–H groups in total. The standard InChI is InChI=1S/C18H20N2O/c1-13-9-7-8-12-16(13)18-19-20(3)14(2)17(21-18)15-10-5-4-6-11-15/h4-12,14,17H,1-3H3/t14-,17-/m1/s1. The van der Waals surface area contributed by atoms with Gasteiger partial charge in [0, 0.05) is 12.6 Å². The monoisotopic (exact) mass is 280 g/mol. The summed E-state index contributed by atoms with van der Waals surface area (Å²) < 4.78 is 6.23.